The lowest BCUT2D eigenvalue weighted by molar-refractivity contribution is 0.668. The van der Waals surface area contributed by atoms with Crippen molar-refractivity contribution in [3.63, 3.8) is 0 Å². The largest absolute Gasteiger partial charge is 0.0953 e. The maximum absolute atomic E-state index is 3.62. The van der Waals surface area contributed by atoms with Crippen molar-refractivity contribution < 1.29 is 0 Å². The quantitative estimate of drug-likeness (QED) is 0.468. The molecule has 0 N–H and O–H groups in total. The molecule has 0 heterocycles. The zero-order valence-electron chi connectivity index (χ0n) is 4.61. The van der Waals surface area contributed by atoms with E-state index in [0.717, 1.165) is 5.92 Å². The molecule has 0 spiro atoms. The number of hydrogen-bond donors (Lipinski definition) is 0. The zero-order chi connectivity index (χ0) is 5.11. The predicted molar refractivity (Wildman–Crippen MR) is 30.8 cm³/mol. The molecule has 0 aromatic rings. The highest BCUT2D eigenvalue weighted by Crippen LogP contribution is 2.24. The zero-order valence-corrected chi connectivity index (χ0v) is 4.61. The van der Waals surface area contributed by atoms with Crippen molar-refractivity contribution in [2.24, 2.45) is 5.92 Å². The molecule has 0 bridgehead atoms. The average molecular weight is 95.2 g/mol. The second-order valence-corrected chi connectivity index (χ2v) is 2.19. The fourth-order valence-electron chi connectivity index (χ4n) is 1.13. The van der Waals surface area contributed by atoms with Crippen LogP contribution in [0.25, 0.3) is 0 Å². The second-order valence-electron chi connectivity index (χ2n) is 2.19. The van der Waals surface area contributed by atoms with Crippen molar-refractivity contribution in [3.05, 3.63) is 12.7 Å². The van der Waals surface area contributed by atoms with Crippen LogP contribution in [0.5, 0.6) is 0 Å². The Morgan fingerprint density at radius 2 is 1.86 bits per heavy atom. The summed E-state index contributed by atoms with van der Waals surface area (Å²) in [7, 11) is 0. The molecule has 0 aromatic heterocycles. The highest BCUT2D eigenvalue weighted by Gasteiger charge is 2.09. The standard InChI is InChI=1S/C7H11/c1-2-7-5-3-4-6-7/h7H,1,3-6H2. The average Bonchev–Trinajstić information content (AvgIpc) is 2.14. The lowest BCUT2D eigenvalue weighted by Gasteiger charge is -1.93. The van der Waals surface area contributed by atoms with Crippen LogP contribution in [0.2, 0.25) is 0 Å². The molecule has 1 aliphatic carbocycles. The molecule has 0 aliphatic heterocycles. The Morgan fingerprint density at radius 3 is 2.14 bits per heavy atom. The molecule has 1 saturated carbocycles. The van der Waals surface area contributed by atoms with Crippen molar-refractivity contribution in [1.82, 2.24) is 0 Å². The van der Waals surface area contributed by atoms with E-state index in [9.17, 15) is 0 Å². The van der Waals surface area contributed by atoms with E-state index in [1.807, 2.05) is 0 Å². The summed E-state index contributed by atoms with van der Waals surface area (Å²) in [6, 6.07) is 0. The Balaban J connectivity index is 2.26. The molecule has 1 fully saturated rings. The summed E-state index contributed by atoms with van der Waals surface area (Å²) in [6.07, 6.45) is 8.48. The molecule has 0 aromatic carbocycles. The number of hydrogen-bond acceptors (Lipinski definition) is 0. The molecule has 0 nitrogen and oxygen atoms in total. The molecule has 0 unspecified atom stereocenters. The van der Waals surface area contributed by atoms with E-state index in [0.29, 0.717) is 0 Å². The normalized spacial score (nSPS) is 22.9. The van der Waals surface area contributed by atoms with Gasteiger partial charge in [0.25, 0.3) is 0 Å². The summed E-state index contributed by atoms with van der Waals surface area (Å²) in [5, 5.41) is 0. The molecule has 1 radical (unpaired) electrons. The van der Waals surface area contributed by atoms with Gasteiger partial charge in [-0.15, -0.1) is 0 Å². The van der Waals surface area contributed by atoms with E-state index in [2.05, 4.69) is 12.7 Å². The molecule has 0 amide bonds. The third-order valence-corrected chi connectivity index (χ3v) is 1.64. The van der Waals surface area contributed by atoms with Gasteiger partial charge in [-0.2, -0.15) is 0 Å². The predicted octanol–water partition coefficient (Wildman–Crippen LogP) is 2.17. The van der Waals surface area contributed by atoms with E-state index in [1.54, 1.807) is 0 Å². The summed E-state index contributed by atoms with van der Waals surface area (Å²) in [5.41, 5.74) is 0. The number of rotatable bonds is 1. The molecule has 0 saturated heterocycles. The Labute approximate surface area is 45.2 Å². The van der Waals surface area contributed by atoms with Gasteiger partial charge in [-0.1, -0.05) is 19.4 Å². The lowest BCUT2D eigenvalue weighted by Crippen LogP contribution is -1.83. The van der Waals surface area contributed by atoms with Gasteiger partial charge in [0.15, 0.2) is 0 Å². The van der Waals surface area contributed by atoms with E-state index < -0.39 is 0 Å². The smallest absolute Gasteiger partial charge is 0.0165 e. The summed E-state index contributed by atoms with van der Waals surface area (Å²) in [4.78, 5) is 0. The molecule has 7 heavy (non-hydrogen) atoms. The summed E-state index contributed by atoms with van der Waals surface area (Å²) < 4.78 is 0. The minimum absolute atomic E-state index is 0.736. The second kappa shape index (κ2) is 2.15. The van der Waals surface area contributed by atoms with Crippen LogP contribution in [0.1, 0.15) is 25.7 Å². The molecule has 39 valence electrons. The molecular weight excluding hydrogens is 84.1 g/mol. The molecule has 1 rings (SSSR count). The van der Waals surface area contributed by atoms with Gasteiger partial charge in [0.2, 0.25) is 0 Å². The van der Waals surface area contributed by atoms with E-state index in [1.165, 1.54) is 25.7 Å². The van der Waals surface area contributed by atoms with Crippen molar-refractivity contribution in [2.75, 3.05) is 0 Å². The number of allylic oxidation sites excluding steroid dienone is 1. The fourth-order valence-corrected chi connectivity index (χ4v) is 1.13. The summed E-state index contributed by atoms with van der Waals surface area (Å²) in [5.74, 6) is 0.736. The van der Waals surface area contributed by atoms with Crippen LogP contribution in [-0.2, 0) is 0 Å². The van der Waals surface area contributed by atoms with Crippen LogP contribution in [0.4, 0.5) is 0 Å². The summed E-state index contributed by atoms with van der Waals surface area (Å²) >= 11 is 0. The monoisotopic (exact) mass is 95.1 g/mol. The first-order chi connectivity index (χ1) is 3.43. The topological polar surface area (TPSA) is 0 Å². The first-order valence-corrected chi connectivity index (χ1v) is 2.96. The van der Waals surface area contributed by atoms with Gasteiger partial charge in [-0.25, -0.2) is 0 Å². The van der Waals surface area contributed by atoms with Gasteiger partial charge < -0.3 is 0 Å². The highest BCUT2D eigenvalue weighted by molar-refractivity contribution is 4.75. The van der Waals surface area contributed by atoms with Crippen molar-refractivity contribution in [3.8, 4) is 0 Å². The maximum Gasteiger partial charge on any atom is -0.0165 e. The molecule has 0 heteroatoms. The van der Waals surface area contributed by atoms with Gasteiger partial charge in [-0.05, 0) is 24.8 Å². The Bertz CT molecular complexity index is 58.4. The molecule has 0 atom stereocenters. The first-order valence-electron chi connectivity index (χ1n) is 2.96. The SMILES string of the molecule is C=[C]C1CCCC1. The van der Waals surface area contributed by atoms with E-state index in [-0.39, 0.29) is 0 Å². The maximum atomic E-state index is 3.62. The minimum Gasteiger partial charge on any atom is -0.0953 e. The fraction of sp³-hybridized carbons (Fsp3) is 0.714. The van der Waals surface area contributed by atoms with Crippen LogP contribution in [0.15, 0.2) is 6.58 Å². The Hall–Kier alpha value is -0.260. The Kier molecular flexibility index (Phi) is 1.50. The van der Waals surface area contributed by atoms with Crippen LogP contribution in [0, 0.1) is 12.0 Å². The van der Waals surface area contributed by atoms with Crippen LogP contribution in [0.3, 0.4) is 0 Å². The van der Waals surface area contributed by atoms with Crippen molar-refractivity contribution in [1.29, 1.82) is 0 Å². The molecule has 1 aliphatic rings. The van der Waals surface area contributed by atoms with Gasteiger partial charge in [0, 0.05) is 0 Å². The van der Waals surface area contributed by atoms with Gasteiger partial charge in [-0.3, -0.25) is 0 Å². The van der Waals surface area contributed by atoms with Crippen molar-refractivity contribution in [2.45, 2.75) is 25.7 Å². The van der Waals surface area contributed by atoms with Gasteiger partial charge in [0.05, 0.1) is 0 Å². The van der Waals surface area contributed by atoms with Crippen molar-refractivity contribution >= 4 is 0 Å². The molecular formula is C7H11. The van der Waals surface area contributed by atoms with Gasteiger partial charge in [0.1, 0.15) is 0 Å². The van der Waals surface area contributed by atoms with Crippen LogP contribution < -0.4 is 0 Å². The van der Waals surface area contributed by atoms with Gasteiger partial charge >= 0.3 is 0 Å². The lowest BCUT2D eigenvalue weighted by atomic mass is 10.1. The Morgan fingerprint density at radius 1 is 1.29 bits per heavy atom. The third-order valence-electron chi connectivity index (χ3n) is 1.64. The summed E-state index contributed by atoms with van der Waals surface area (Å²) in [6.45, 7) is 3.62. The minimum atomic E-state index is 0.736. The van der Waals surface area contributed by atoms with Crippen LogP contribution >= 0.6 is 0 Å². The van der Waals surface area contributed by atoms with E-state index in [4.69, 9.17) is 0 Å². The van der Waals surface area contributed by atoms with E-state index >= 15 is 0 Å². The highest BCUT2D eigenvalue weighted by atomic mass is 14.1. The third kappa shape index (κ3) is 1.05. The van der Waals surface area contributed by atoms with Crippen LogP contribution in [-0.4, -0.2) is 0 Å². The first kappa shape index (κ1) is 4.89.